The van der Waals surface area contributed by atoms with Gasteiger partial charge in [0.15, 0.2) is 0 Å². The fraction of sp³-hybridized carbons (Fsp3) is 0.357. The van der Waals surface area contributed by atoms with Crippen LogP contribution in [0.3, 0.4) is 0 Å². The second-order valence-corrected chi connectivity index (χ2v) is 4.43. The van der Waals surface area contributed by atoms with Gasteiger partial charge >= 0.3 is 0 Å². The molecule has 3 nitrogen and oxygen atoms in total. The first-order valence-corrected chi connectivity index (χ1v) is 6.08. The molecule has 0 bridgehead atoms. The topological polar surface area (TPSA) is 43.8 Å². The van der Waals surface area contributed by atoms with Gasteiger partial charge in [0.2, 0.25) is 0 Å². The summed E-state index contributed by atoms with van der Waals surface area (Å²) in [6.45, 7) is 2.58. The Morgan fingerprint density at radius 2 is 2.06 bits per heavy atom. The van der Waals surface area contributed by atoms with Crippen LogP contribution >= 0.6 is 0 Å². The number of nitrogens with zero attached hydrogens (tertiary/aromatic N) is 2. The van der Waals surface area contributed by atoms with Crippen LogP contribution in [-0.2, 0) is 19.9 Å². The molecule has 0 aliphatic rings. The van der Waals surface area contributed by atoms with Crippen LogP contribution in [0.2, 0.25) is 0 Å². The predicted molar refractivity (Wildman–Crippen MR) is 69.9 cm³/mol. The standard InChI is InChI=1S/C14H18FN3/c1-10-13(17-14(7-8-16)18(10)2)9-11-5-3-4-6-12(11)15/h3-6H,7-9,16H2,1-2H3. The molecular weight excluding hydrogens is 229 g/mol. The van der Waals surface area contributed by atoms with E-state index in [1.54, 1.807) is 12.1 Å². The molecule has 0 saturated carbocycles. The van der Waals surface area contributed by atoms with Gasteiger partial charge in [-0.15, -0.1) is 0 Å². The zero-order chi connectivity index (χ0) is 13.1. The number of halogens is 1. The van der Waals surface area contributed by atoms with Crippen LogP contribution < -0.4 is 5.73 Å². The molecule has 0 fully saturated rings. The second kappa shape index (κ2) is 5.31. The van der Waals surface area contributed by atoms with Crippen molar-refractivity contribution >= 4 is 0 Å². The zero-order valence-electron chi connectivity index (χ0n) is 10.8. The lowest BCUT2D eigenvalue weighted by Crippen LogP contribution is -2.08. The fourth-order valence-corrected chi connectivity index (χ4v) is 2.04. The van der Waals surface area contributed by atoms with Crippen molar-refractivity contribution in [1.29, 1.82) is 0 Å². The highest BCUT2D eigenvalue weighted by molar-refractivity contribution is 5.26. The van der Waals surface area contributed by atoms with E-state index < -0.39 is 0 Å². The second-order valence-electron chi connectivity index (χ2n) is 4.43. The lowest BCUT2D eigenvalue weighted by Gasteiger charge is -2.02. The van der Waals surface area contributed by atoms with E-state index in [9.17, 15) is 4.39 Å². The van der Waals surface area contributed by atoms with Gasteiger partial charge in [-0.25, -0.2) is 9.37 Å². The fourth-order valence-electron chi connectivity index (χ4n) is 2.04. The highest BCUT2D eigenvalue weighted by Crippen LogP contribution is 2.16. The van der Waals surface area contributed by atoms with Gasteiger partial charge in [0, 0.05) is 25.6 Å². The minimum atomic E-state index is -0.178. The number of hydrogen-bond acceptors (Lipinski definition) is 2. The summed E-state index contributed by atoms with van der Waals surface area (Å²) in [7, 11) is 1.97. The Kier molecular flexibility index (Phi) is 3.77. The van der Waals surface area contributed by atoms with Crippen LogP contribution in [0.1, 0.15) is 22.8 Å². The van der Waals surface area contributed by atoms with E-state index in [4.69, 9.17) is 5.73 Å². The van der Waals surface area contributed by atoms with Crippen LogP contribution in [0.4, 0.5) is 4.39 Å². The molecule has 0 spiro atoms. The lowest BCUT2D eigenvalue weighted by molar-refractivity contribution is 0.613. The summed E-state index contributed by atoms with van der Waals surface area (Å²) in [5, 5.41) is 0. The molecule has 0 saturated heterocycles. The van der Waals surface area contributed by atoms with E-state index in [1.807, 2.05) is 24.6 Å². The molecule has 0 radical (unpaired) electrons. The minimum absolute atomic E-state index is 0.178. The monoisotopic (exact) mass is 247 g/mol. The average molecular weight is 247 g/mol. The lowest BCUT2D eigenvalue weighted by atomic mass is 10.1. The summed E-state index contributed by atoms with van der Waals surface area (Å²) in [6, 6.07) is 6.82. The van der Waals surface area contributed by atoms with Crippen LogP contribution in [0, 0.1) is 12.7 Å². The molecule has 4 heteroatoms. The maximum Gasteiger partial charge on any atom is 0.126 e. The molecule has 2 rings (SSSR count). The summed E-state index contributed by atoms with van der Waals surface area (Å²) < 4.78 is 15.6. The molecule has 0 aliphatic carbocycles. The average Bonchev–Trinajstić information content (AvgIpc) is 2.61. The van der Waals surface area contributed by atoms with E-state index in [0.717, 1.165) is 23.6 Å². The normalized spacial score (nSPS) is 10.9. The summed E-state index contributed by atoms with van der Waals surface area (Å²) in [6.07, 6.45) is 1.27. The number of benzene rings is 1. The Balaban J connectivity index is 2.30. The van der Waals surface area contributed by atoms with Crippen LogP contribution in [0.25, 0.3) is 0 Å². The van der Waals surface area contributed by atoms with Crippen molar-refractivity contribution in [2.24, 2.45) is 12.8 Å². The van der Waals surface area contributed by atoms with Gasteiger partial charge in [-0.2, -0.15) is 0 Å². The molecule has 2 N–H and O–H groups in total. The van der Waals surface area contributed by atoms with Crippen molar-refractivity contribution in [3.05, 3.63) is 52.9 Å². The number of rotatable bonds is 4. The number of hydrogen-bond donors (Lipinski definition) is 1. The summed E-state index contributed by atoms with van der Waals surface area (Å²) in [5.41, 5.74) is 8.22. The highest BCUT2D eigenvalue weighted by Gasteiger charge is 2.12. The first kappa shape index (κ1) is 12.8. The maximum absolute atomic E-state index is 13.6. The van der Waals surface area contributed by atoms with E-state index in [0.29, 0.717) is 18.5 Å². The van der Waals surface area contributed by atoms with Crippen molar-refractivity contribution in [2.45, 2.75) is 19.8 Å². The van der Waals surface area contributed by atoms with Gasteiger partial charge in [0.25, 0.3) is 0 Å². The third-order valence-electron chi connectivity index (χ3n) is 3.26. The van der Waals surface area contributed by atoms with Gasteiger partial charge < -0.3 is 10.3 Å². The van der Waals surface area contributed by atoms with Crippen LogP contribution in [0.5, 0.6) is 0 Å². The van der Waals surface area contributed by atoms with E-state index in [2.05, 4.69) is 4.98 Å². The van der Waals surface area contributed by atoms with Crippen LogP contribution in [-0.4, -0.2) is 16.1 Å². The van der Waals surface area contributed by atoms with Gasteiger partial charge in [0.05, 0.1) is 5.69 Å². The Hall–Kier alpha value is -1.68. The maximum atomic E-state index is 13.6. The van der Waals surface area contributed by atoms with Gasteiger partial charge in [-0.3, -0.25) is 0 Å². The van der Waals surface area contributed by atoms with Crippen molar-refractivity contribution in [2.75, 3.05) is 6.54 Å². The molecule has 0 amide bonds. The van der Waals surface area contributed by atoms with Gasteiger partial charge in [-0.1, -0.05) is 18.2 Å². The van der Waals surface area contributed by atoms with E-state index in [1.165, 1.54) is 6.07 Å². The SMILES string of the molecule is Cc1c(Cc2ccccc2F)nc(CCN)n1C. The third-order valence-corrected chi connectivity index (χ3v) is 3.26. The quantitative estimate of drug-likeness (QED) is 0.897. The van der Waals surface area contributed by atoms with Crippen LogP contribution in [0.15, 0.2) is 24.3 Å². The molecule has 1 aromatic heterocycles. The number of aromatic nitrogens is 2. The first-order valence-electron chi connectivity index (χ1n) is 6.08. The highest BCUT2D eigenvalue weighted by atomic mass is 19.1. The van der Waals surface area contributed by atoms with Crippen molar-refractivity contribution in [3.8, 4) is 0 Å². The molecule has 1 heterocycles. The predicted octanol–water partition coefficient (Wildman–Crippen LogP) is 1.96. The first-order chi connectivity index (χ1) is 8.63. The molecule has 0 aliphatic heterocycles. The van der Waals surface area contributed by atoms with Crippen molar-refractivity contribution < 1.29 is 4.39 Å². The van der Waals surface area contributed by atoms with Crippen molar-refractivity contribution in [3.63, 3.8) is 0 Å². The third kappa shape index (κ3) is 2.43. The smallest absolute Gasteiger partial charge is 0.126 e. The van der Waals surface area contributed by atoms with Gasteiger partial charge in [-0.05, 0) is 25.1 Å². The van der Waals surface area contributed by atoms with Crippen molar-refractivity contribution in [1.82, 2.24) is 9.55 Å². The van der Waals surface area contributed by atoms with E-state index in [-0.39, 0.29) is 5.82 Å². The Morgan fingerprint density at radius 3 is 2.72 bits per heavy atom. The summed E-state index contributed by atoms with van der Waals surface area (Å²) in [4.78, 5) is 4.55. The molecule has 18 heavy (non-hydrogen) atoms. The van der Waals surface area contributed by atoms with E-state index >= 15 is 0 Å². The number of nitrogens with two attached hydrogens (primary N) is 1. The Labute approximate surface area is 106 Å². The molecular formula is C14H18FN3. The molecule has 0 unspecified atom stereocenters. The number of imidazole rings is 1. The molecule has 0 atom stereocenters. The Bertz CT molecular complexity index is 546. The minimum Gasteiger partial charge on any atom is -0.335 e. The zero-order valence-corrected chi connectivity index (χ0v) is 10.8. The summed E-state index contributed by atoms with van der Waals surface area (Å²) in [5.74, 6) is 0.782. The molecule has 96 valence electrons. The largest absolute Gasteiger partial charge is 0.335 e. The summed E-state index contributed by atoms with van der Waals surface area (Å²) >= 11 is 0. The molecule has 1 aromatic carbocycles. The Morgan fingerprint density at radius 1 is 1.33 bits per heavy atom. The molecule has 2 aromatic rings. The van der Waals surface area contributed by atoms with Gasteiger partial charge in [0.1, 0.15) is 11.6 Å².